The van der Waals surface area contributed by atoms with Crippen LogP contribution in [0.4, 0.5) is 0 Å². The number of halogens is 2. The molecule has 0 aliphatic rings. The lowest BCUT2D eigenvalue weighted by molar-refractivity contribution is 0.553. The highest BCUT2D eigenvalue weighted by Gasteiger charge is 2.10. The summed E-state index contributed by atoms with van der Waals surface area (Å²) < 4.78 is 2.21. The topological polar surface area (TPSA) is 17.0 Å². The predicted molar refractivity (Wildman–Crippen MR) is 82.1 cm³/mol. The molecular weight excluding hydrogens is 279 g/mol. The highest BCUT2D eigenvalue weighted by Crippen LogP contribution is 2.23. The second-order valence-electron chi connectivity index (χ2n) is 4.58. The fraction of sp³-hybridized carbons (Fsp3) is 0.333. The normalized spacial score (nSPS) is 12.6. The van der Waals surface area contributed by atoms with Gasteiger partial charge in [0.2, 0.25) is 0 Å². The number of hydrogen-bond acceptors (Lipinski definition) is 1. The molecule has 1 unspecified atom stereocenters. The smallest absolute Gasteiger partial charge is 0.0488 e. The zero-order valence-corrected chi connectivity index (χ0v) is 12.7. The second kappa shape index (κ2) is 6.47. The fourth-order valence-corrected chi connectivity index (χ4v) is 2.68. The van der Waals surface area contributed by atoms with E-state index < -0.39 is 0 Å². The van der Waals surface area contributed by atoms with E-state index in [1.807, 2.05) is 12.1 Å². The van der Waals surface area contributed by atoms with E-state index in [1.54, 1.807) is 6.07 Å². The summed E-state index contributed by atoms with van der Waals surface area (Å²) in [6.45, 7) is 5.99. The molecule has 2 rings (SSSR count). The standard InChI is InChI=1S/C15H18Cl2N2/c1-3-18-11(2)15-5-4-8-19(15)10-12-6-7-13(16)9-14(12)17/h4-9,11,18H,3,10H2,1-2H3. The van der Waals surface area contributed by atoms with Crippen LogP contribution >= 0.6 is 23.2 Å². The Morgan fingerprint density at radius 2 is 2.05 bits per heavy atom. The average Bonchev–Trinajstić information content (AvgIpc) is 2.81. The summed E-state index contributed by atoms with van der Waals surface area (Å²) in [6.07, 6.45) is 2.08. The summed E-state index contributed by atoms with van der Waals surface area (Å²) >= 11 is 12.1. The van der Waals surface area contributed by atoms with E-state index in [9.17, 15) is 0 Å². The Balaban J connectivity index is 2.21. The molecule has 1 aromatic heterocycles. The largest absolute Gasteiger partial charge is 0.346 e. The number of nitrogens with zero attached hydrogens (tertiary/aromatic N) is 1. The molecule has 0 saturated carbocycles. The summed E-state index contributed by atoms with van der Waals surface area (Å²) in [4.78, 5) is 0. The van der Waals surface area contributed by atoms with E-state index in [4.69, 9.17) is 23.2 Å². The Labute approximate surface area is 124 Å². The van der Waals surface area contributed by atoms with Gasteiger partial charge in [-0.25, -0.2) is 0 Å². The molecule has 0 bridgehead atoms. The van der Waals surface area contributed by atoms with Crippen LogP contribution in [0.15, 0.2) is 36.5 Å². The van der Waals surface area contributed by atoms with Crippen LogP contribution in [0, 0.1) is 0 Å². The first-order valence-electron chi connectivity index (χ1n) is 6.44. The van der Waals surface area contributed by atoms with Gasteiger partial charge in [0.1, 0.15) is 0 Å². The SMILES string of the molecule is CCNC(C)c1cccn1Cc1ccc(Cl)cc1Cl. The highest BCUT2D eigenvalue weighted by atomic mass is 35.5. The van der Waals surface area contributed by atoms with Gasteiger partial charge < -0.3 is 9.88 Å². The first-order valence-corrected chi connectivity index (χ1v) is 7.19. The van der Waals surface area contributed by atoms with E-state index in [0.717, 1.165) is 18.7 Å². The van der Waals surface area contributed by atoms with Crippen molar-refractivity contribution >= 4 is 23.2 Å². The molecule has 2 nitrogen and oxygen atoms in total. The van der Waals surface area contributed by atoms with Crippen LogP contribution in [0.25, 0.3) is 0 Å². The Morgan fingerprint density at radius 3 is 2.74 bits per heavy atom. The molecule has 0 saturated heterocycles. The Morgan fingerprint density at radius 1 is 1.26 bits per heavy atom. The first kappa shape index (κ1) is 14.4. The van der Waals surface area contributed by atoms with E-state index >= 15 is 0 Å². The molecule has 0 aliphatic carbocycles. The summed E-state index contributed by atoms with van der Waals surface area (Å²) in [5.41, 5.74) is 2.33. The molecule has 0 spiro atoms. The van der Waals surface area contributed by atoms with Gasteiger partial charge >= 0.3 is 0 Å². The summed E-state index contributed by atoms with van der Waals surface area (Å²) in [5.74, 6) is 0. The van der Waals surface area contributed by atoms with Crippen molar-refractivity contribution in [3.63, 3.8) is 0 Å². The molecule has 19 heavy (non-hydrogen) atoms. The third-order valence-corrected chi connectivity index (χ3v) is 3.76. The van der Waals surface area contributed by atoms with E-state index in [2.05, 4.69) is 42.1 Å². The van der Waals surface area contributed by atoms with Crippen molar-refractivity contribution in [2.45, 2.75) is 26.4 Å². The van der Waals surface area contributed by atoms with Gasteiger partial charge in [-0.3, -0.25) is 0 Å². The molecule has 0 aliphatic heterocycles. The lowest BCUT2D eigenvalue weighted by Gasteiger charge is -2.17. The van der Waals surface area contributed by atoms with Crippen LogP contribution in [0.2, 0.25) is 10.0 Å². The van der Waals surface area contributed by atoms with Gasteiger partial charge in [0.15, 0.2) is 0 Å². The van der Waals surface area contributed by atoms with E-state index in [-0.39, 0.29) is 0 Å². The van der Waals surface area contributed by atoms with Gasteiger partial charge in [0.25, 0.3) is 0 Å². The molecule has 1 atom stereocenters. The van der Waals surface area contributed by atoms with E-state index in [1.165, 1.54) is 5.69 Å². The number of aromatic nitrogens is 1. The van der Waals surface area contributed by atoms with Crippen molar-refractivity contribution in [2.75, 3.05) is 6.54 Å². The van der Waals surface area contributed by atoms with Crippen LogP contribution in [-0.4, -0.2) is 11.1 Å². The van der Waals surface area contributed by atoms with Crippen molar-refractivity contribution < 1.29 is 0 Å². The van der Waals surface area contributed by atoms with Crippen molar-refractivity contribution in [3.8, 4) is 0 Å². The van der Waals surface area contributed by atoms with Gasteiger partial charge in [-0.2, -0.15) is 0 Å². The molecular formula is C15H18Cl2N2. The minimum absolute atomic E-state index is 0.325. The maximum Gasteiger partial charge on any atom is 0.0488 e. The van der Waals surface area contributed by atoms with Gasteiger partial charge in [-0.05, 0) is 43.3 Å². The highest BCUT2D eigenvalue weighted by molar-refractivity contribution is 6.35. The predicted octanol–water partition coefficient (Wildman–Crippen LogP) is 4.51. The van der Waals surface area contributed by atoms with Crippen molar-refractivity contribution in [1.82, 2.24) is 9.88 Å². The van der Waals surface area contributed by atoms with Crippen molar-refractivity contribution in [1.29, 1.82) is 0 Å². The van der Waals surface area contributed by atoms with Crippen LogP contribution in [-0.2, 0) is 6.54 Å². The van der Waals surface area contributed by atoms with Crippen molar-refractivity contribution in [2.24, 2.45) is 0 Å². The van der Waals surface area contributed by atoms with Gasteiger partial charge in [-0.1, -0.05) is 36.2 Å². The summed E-state index contributed by atoms with van der Waals surface area (Å²) in [6, 6.07) is 10.2. The minimum atomic E-state index is 0.325. The molecule has 0 fully saturated rings. The number of hydrogen-bond donors (Lipinski definition) is 1. The Hall–Kier alpha value is -0.960. The number of nitrogens with one attached hydrogen (secondary N) is 1. The third kappa shape index (κ3) is 3.53. The molecule has 0 amide bonds. The van der Waals surface area contributed by atoms with Gasteiger partial charge in [-0.15, -0.1) is 0 Å². The Kier molecular flexibility index (Phi) is 4.92. The van der Waals surface area contributed by atoms with Crippen LogP contribution in [0.3, 0.4) is 0 Å². The summed E-state index contributed by atoms with van der Waals surface area (Å²) in [7, 11) is 0. The molecule has 102 valence electrons. The van der Waals surface area contributed by atoms with E-state index in [0.29, 0.717) is 16.1 Å². The molecule has 1 aromatic carbocycles. The maximum absolute atomic E-state index is 6.23. The maximum atomic E-state index is 6.23. The molecule has 1 heterocycles. The number of benzene rings is 1. The van der Waals surface area contributed by atoms with Crippen molar-refractivity contribution in [3.05, 3.63) is 57.8 Å². The molecule has 0 radical (unpaired) electrons. The van der Waals surface area contributed by atoms with Crippen LogP contribution in [0.1, 0.15) is 31.1 Å². The summed E-state index contributed by atoms with van der Waals surface area (Å²) in [5, 5.41) is 4.80. The molecule has 2 aromatic rings. The zero-order chi connectivity index (χ0) is 13.8. The average molecular weight is 297 g/mol. The third-order valence-electron chi connectivity index (χ3n) is 3.17. The number of rotatable bonds is 5. The lowest BCUT2D eigenvalue weighted by atomic mass is 10.2. The van der Waals surface area contributed by atoms with Gasteiger partial charge in [0.05, 0.1) is 0 Å². The monoisotopic (exact) mass is 296 g/mol. The quantitative estimate of drug-likeness (QED) is 0.859. The van der Waals surface area contributed by atoms with Gasteiger partial charge in [0, 0.05) is 34.5 Å². The Bertz CT molecular complexity index is 549. The minimum Gasteiger partial charge on any atom is -0.346 e. The fourth-order valence-electron chi connectivity index (χ4n) is 2.21. The first-order chi connectivity index (χ1) is 9.11. The van der Waals surface area contributed by atoms with Crippen LogP contribution < -0.4 is 5.32 Å². The zero-order valence-electron chi connectivity index (χ0n) is 11.2. The molecule has 4 heteroatoms. The second-order valence-corrected chi connectivity index (χ2v) is 5.42. The molecule has 1 N–H and O–H groups in total. The lowest BCUT2D eigenvalue weighted by Crippen LogP contribution is -2.20. The van der Waals surface area contributed by atoms with Crippen LogP contribution in [0.5, 0.6) is 0 Å².